The summed E-state index contributed by atoms with van der Waals surface area (Å²) in [4.78, 5) is 14.5. The van der Waals surface area contributed by atoms with E-state index in [0.29, 0.717) is 12.1 Å². The van der Waals surface area contributed by atoms with E-state index in [9.17, 15) is 4.79 Å². The Hall–Kier alpha value is -1.65. The Balaban J connectivity index is 2.15. The third kappa shape index (κ3) is 4.42. The third-order valence-electron chi connectivity index (χ3n) is 3.75. The normalized spacial score (nSPS) is 12.0. The summed E-state index contributed by atoms with van der Waals surface area (Å²) in [5, 5.41) is 0. The highest BCUT2D eigenvalue weighted by Crippen LogP contribution is 2.17. The van der Waals surface area contributed by atoms with E-state index in [1.807, 2.05) is 54.4 Å². The van der Waals surface area contributed by atoms with Crippen molar-refractivity contribution in [2.24, 2.45) is 5.73 Å². The number of halogens is 1. The van der Waals surface area contributed by atoms with Crippen LogP contribution in [-0.2, 0) is 6.42 Å². The van der Waals surface area contributed by atoms with Gasteiger partial charge in [0, 0.05) is 23.1 Å². The minimum Gasteiger partial charge on any atom is -0.338 e. The summed E-state index contributed by atoms with van der Waals surface area (Å²) in [6.07, 6.45) is 1.60. The lowest BCUT2D eigenvalue weighted by molar-refractivity contribution is 0.0725. The zero-order chi connectivity index (χ0) is 15.9. The van der Waals surface area contributed by atoms with Crippen LogP contribution in [0, 0.1) is 0 Å². The van der Waals surface area contributed by atoms with Crippen LogP contribution in [0.25, 0.3) is 0 Å². The highest BCUT2D eigenvalue weighted by atomic mass is 79.9. The van der Waals surface area contributed by atoms with Crippen molar-refractivity contribution >= 4 is 21.8 Å². The zero-order valence-corrected chi connectivity index (χ0v) is 14.3. The number of benzene rings is 2. The van der Waals surface area contributed by atoms with Crippen molar-refractivity contribution in [3.8, 4) is 0 Å². The average Bonchev–Trinajstić information content (AvgIpc) is 2.54. The SMILES string of the molecule is CN(C(=O)c1cccc(Br)c1)[C@H](CCN)Cc1ccccc1. The molecule has 22 heavy (non-hydrogen) atoms. The highest BCUT2D eigenvalue weighted by Gasteiger charge is 2.21. The zero-order valence-electron chi connectivity index (χ0n) is 12.7. The molecule has 1 amide bonds. The average molecular weight is 361 g/mol. The van der Waals surface area contributed by atoms with E-state index in [-0.39, 0.29) is 11.9 Å². The predicted molar refractivity (Wildman–Crippen MR) is 93.8 cm³/mol. The van der Waals surface area contributed by atoms with Crippen LogP contribution in [0.4, 0.5) is 0 Å². The number of nitrogens with two attached hydrogens (primary N) is 1. The van der Waals surface area contributed by atoms with Gasteiger partial charge in [0.2, 0.25) is 0 Å². The molecule has 0 heterocycles. The molecule has 116 valence electrons. The topological polar surface area (TPSA) is 46.3 Å². The molecule has 2 rings (SSSR count). The first-order valence-corrected chi connectivity index (χ1v) is 8.18. The number of rotatable bonds is 6. The molecule has 2 aromatic carbocycles. The maximum atomic E-state index is 12.7. The maximum absolute atomic E-state index is 12.7. The van der Waals surface area contributed by atoms with Crippen LogP contribution >= 0.6 is 15.9 Å². The summed E-state index contributed by atoms with van der Waals surface area (Å²) in [6.45, 7) is 0.563. The lowest BCUT2D eigenvalue weighted by Gasteiger charge is -2.28. The third-order valence-corrected chi connectivity index (χ3v) is 4.25. The van der Waals surface area contributed by atoms with Crippen LogP contribution in [0.3, 0.4) is 0 Å². The minimum atomic E-state index is 0.0238. The van der Waals surface area contributed by atoms with Gasteiger partial charge in [-0.2, -0.15) is 0 Å². The van der Waals surface area contributed by atoms with Gasteiger partial charge in [0.25, 0.3) is 5.91 Å². The standard InChI is InChI=1S/C18H21BrN2O/c1-21(18(22)15-8-5-9-16(19)13-15)17(10-11-20)12-14-6-3-2-4-7-14/h2-9,13,17H,10-12,20H2,1H3/t17-/m1/s1. The fraction of sp³-hybridized carbons (Fsp3) is 0.278. The van der Waals surface area contributed by atoms with Crippen molar-refractivity contribution in [1.82, 2.24) is 4.90 Å². The number of hydrogen-bond donors (Lipinski definition) is 1. The van der Waals surface area contributed by atoms with Gasteiger partial charge in [-0.05, 0) is 43.1 Å². The molecule has 0 aliphatic rings. The number of amides is 1. The van der Waals surface area contributed by atoms with Gasteiger partial charge in [-0.25, -0.2) is 0 Å². The number of likely N-dealkylation sites (N-methyl/N-ethyl adjacent to an activating group) is 1. The Bertz CT molecular complexity index is 615. The van der Waals surface area contributed by atoms with E-state index < -0.39 is 0 Å². The first kappa shape index (κ1) is 16.7. The van der Waals surface area contributed by atoms with Crippen LogP contribution < -0.4 is 5.73 Å². The first-order valence-electron chi connectivity index (χ1n) is 7.38. The number of hydrogen-bond acceptors (Lipinski definition) is 2. The molecule has 0 spiro atoms. The Labute approximate surface area is 140 Å². The lowest BCUT2D eigenvalue weighted by atomic mass is 10.0. The second kappa shape index (κ2) is 8.11. The molecular formula is C18H21BrN2O. The molecule has 0 aromatic heterocycles. The monoisotopic (exact) mass is 360 g/mol. The van der Waals surface area contributed by atoms with Crippen molar-refractivity contribution < 1.29 is 4.79 Å². The van der Waals surface area contributed by atoms with Crippen molar-refractivity contribution in [2.45, 2.75) is 18.9 Å². The molecule has 0 fully saturated rings. The van der Waals surface area contributed by atoms with E-state index in [1.165, 1.54) is 5.56 Å². The molecule has 0 bridgehead atoms. The number of carbonyl (C=O) groups is 1. The van der Waals surface area contributed by atoms with Crippen LogP contribution in [0.1, 0.15) is 22.3 Å². The molecule has 0 radical (unpaired) electrons. The van der Waals surface area contributed by atoms with E-state index in [2.05, 4.69) is 28.1 Å². The maximum Gasteiger partial charge on any atom is 0.253 e. The van der Waals surface area contributed by atoms with Gasteiger partial charge in [0.15, 0.2) is 0 Å². The molecule has 2 N–H and O–H groups in total. The van der Waals surface area contributed by atoms with Crippen molar-refractivity contribution in [2.75, 3.05) is 13.6 Å². The molecule has 0 saturated heterocycles. The fourth-order valence-electron chi connectivity index (χ4n) is 2.50. The Morgan fingerprint density at radius 2 is 1.91 bits per heavy atom. The fourth-order valence-corrected chi connectivity index (χ4v) is 2.90. The minimum absolute atomic E-state index is 0.0238. The van der Waals surface area contributed by atoms with Crippen LogP contribution in [0.15, 0.2) is 59.1 Å². The van der Waals surface area contributed by atoms with Gasteiger partial charge < -0.3 is 10.6 Å². The smallest absolute Gasteiger partial charge is 0.253 e. The summed E-state index contributed by atoms with van der Waals surface area (Å²) in [6, 6.07) is 17.8. The van der Waals surface area contributed by atoms with Crippen molar-refractivity contribution in [1.29, 1.82) is 0 Å². The van der Waals surface area contributed by atoms with Gasteiger partial charge in [0.05, 0.1) is 0 Å². The van der Waals surface area contributed by atoms with Crippen LogP contribution in [0.2, 0.25) is 0 Å². The summed E-state index contributed by atoms with van der Waals surface area (Å²) in [5.74, 6) is 0.0238. The number of nitrogens with zero attached hydrogens (tertiary/aromatic N) is 1. The summed E-state index contributed by atoms with van der Waals surface area (Å²) < 4.78 is 0.908. The molecule has 3 nitrogen and oxygen atoms in total. The molecule has 0 saturated carbocycles. The van der Waals surface area contributed by atoms with Gasteiger partial charge in [-0.15, -0.1) is 0 Å². The van der Waals surface area contributed by atoms with E-state index in [0.717, 1.165) is 17.3 Å². The Kier molecular flexibility index (Phi) is 6.16. The molecule has 0 aliphatic carbocycles. The van der Waals surface area contributed by atoms with Gasteiger partial charge in [0.1, 0.15) is 0 Å². The molecule has 1 atom stereocenters. The lowest BCUT2D eigenvalue weighted by Crippen LogP contribution is -2.39. The van der Waals surface area contributed by atoms with Crippen LogP contribution in [-0.4, -0.2) is 30.4 Å². The summed E-state index contributed by atoms with van der Waals surface area (Å²) in [5.41, 5.74) is 7.64. The number of carbonyl (C=O) groups excluding carboxylic acids is 1. The van der Waals surface area contributed by atoms with E-state index >= 15 is 0 Å². The molecule has 2 aromatic rings. The van der Waals surface area contributed by atoms with Gasteiger partial charge >= 0.3 is 0 Å². The van der Waals surface area contributed by atoms with E-state index in [4.69, 9.17) is 5.73 Å². The summed E-state index contributed by atoms with van der Waals surface area (Å²) in [7, 11) is 1.85. The van der Waals surface area contributed by atoms with Crippen molar-refractivity contribution in [3.05, 3.63) is 70.2 Å². The van der Waals surface area contributed by atoms with Crippen molar-refractivity contribution in [3.63, 3.8) is 0 Å². The molecule has 0 aliphatic heterocycles. The largest absolute Gasteiger partial charge is 0.338 e. The second-order valence-electron chi connectivity index (χ2n) is 5.35. The van der Waals surface area contributed by atoms with Gasteiger partial charge in [-0.1, -0.05) is 52.3 Å². The quantitative estimate of drug-likeness (QED) is 0.856. The molecule has 4 heteroatoms. The highest BCUT2D eigenvalue weighted by molar-refractivity contribution is 9.10. The molecular weight excluding hydrogens is 340 g/mol. The predicted octanol–water partition coefficient (Wildman–Crippen LogP) is 3.48. The molecule has 0 unspecified atom stereocenters. The Morgan fingerprint density at radius 3 is 2.55 bits per heavy atom. The Morgan fingerprint density at radius 1 is 1.18 bits per heavy atom. The second-order valence-corrected chi connectivity index (χ2v) is 6.26. The van der Waals surface area contributed by atoms with Gasteiger partial charge in [-0.3, -0.25) is 4.79 Å². The van der Waals surface area contributed by atoms with Crippen LogP contribution in [0.5, 0.6) is 0 Å². The van der Waals surface area contributed by atoms with E-state index in [1.54, 1.807) is 0 Å². The summed E-state index contributed by atoms with van der Waals surface area (Å²) >= 11 is 3.41. The first-order chi connectivity index (χ1) is 10.6.